The number of anilines is 1. The zero-order valence-corrected chi connectivity index (χ0v) is 19.8. The number of hydrogen-bond donors (Lipinski definition) is 1. The molecule has 168 valence electrons. The number of nitrogens with zero attached hydrogens (tertiary/aromatic N) is 2. The summed E-state index contributed by atoms with van der Waals surface area (Å²) in [5, 5.41) is 12.9. The van der Waals surface area contributed by atoms with E-state index < -0.39 is 5.91 Å². The second-order valence-corrected chi connectivity index (χ2v) is 8.02. The fourth-order valence-electron chi connectivity index (χ4n) is 3.38. The van der Waals surface area contributed by atoms with E-state index in [1.165, 1.54) is 12.1 Å². The fourth-order valence-corrected chi connectivity index (χ4v) is 3.83. The highest BCUT2D eigenvalue weighted by molar-refractivity contribution is 6.36. The van der Waals surface area contributed by atoms with Gasteiger partial charge in [0.05, 0.1) is 22.9 Å². The van der Waals surface area contributed by atoms with Crippen LogP contribution in [0, 0.1) is 25.2 Å². The summed E-state index contributed by atoms with van der Waals surface area (Å²) < 4.78 is 7.00. The molecule has 0 saturated carbocycles. The number of amides is 1. The molecule has 0 fully saturated rings. The van der Waals surface area contributed by atoms with Gasteiger partial charge in [-0.2, -0.15) is 5.26 Å². The molecule has 0 radical (unpaired) electrons. The summed E-state index contributed by atoms with van der Waals surface area (Å²) in [6, 6.07) is 15.6. The molecule has 1 amide bonds. The first-order chi connectivity index (χ1) is 15.7. The van der Waals surface area contributed by atoms with E-state index in [1.54, 1.807) is 31.2 Å². The Balaban J connectivity index is 1.89. The number of carbonyl (C=O) groups is 2. The quantitative estimate of drug-likeness (QED) is 0.261. The number of halogens is 2. The molecule has 0 atom stereocenters. The largest absolute Gasteiger partial charge is 0.462 e. The van der Waals surface area contributed by atoms with Gasteiger partial charge < -0.3 is 14.6 Å². The molecule has 1 N–H and O–H groups in total. The van der Waals surface area contributed by atoms with Crippen LogP contribution in [0.1, 0.15) is 34.2 Å². The lowest BCUT2D eigenvalue weighted by atomic mass is 10.1. The first-order valence-corrected chi connectivity index (χ1v) is 10.9. The number of hydrogen-bond acceptors (Lipinski definition) is 4. The van der Waals surface area contributed by atoms with Gasteiger partial charge >= 0.3 is 5.97 Å². The molecule has 1 heterocycles. The van der Waals surface area contributed by atoms with Crippen LogP contribution in [0.5, 0.6) is 0 Å². The zero-order chi connectivity index (χ0) is 24.1. The normalized spacial score (nSPS) is 11.1. The van der Waals surface area contributed by atoms with Crippen LogP contribution in [0.4, 0.5) is 5.69 Å². The summed E-state index contributed by atoms with van der Waals surface area (Å²) in [6.07, 6.45) is 1.53. The minimum atomic E-state index is -0.578. The third-order valence-electron chi connectivity index (χ3n) is 4.95. The van der Waals surface area contributed by atoms with Gasteiger partial charge in [0, 0.05) is 22.1 Å². The molecule has 33 heavy (non-hydrogen) atoms. The molecule has 0 aliphatic heterocycles. The van der Waals surface area contributed by atoms with Gasteiger partial charge in [-0.1, -0.05) is 23.2 Å². The highest BCUT2D eigenvalue weighted by atomic mass is 35.5. The van der Waals surface area contributed by atoms with Crippen LogP contribution in [-0.4, -0.2) is 23.1 Å². The summed E-state index contributed by atoms with van der Waals surface area (Å²) in [5.74, 6) is -0.954. The van der Waals surface area contributed by atoms with Gasteiger partial charge in [-0.25, -0.2) is 4.79 Å². The van der Waals surface area contributed by atoms with Gasteiger partial charge in [-0.15, -0.1) is 0 Å². The average Bonchev–Trinajstić information content (AvgIpc) is 3.06. The fraction of sp³-hybridized carbons (Fsp3) is 0.160. The minimum absolute atomic E-state index is 0.0704. The van der Waals surface area contributed by atoms with Crippen molar-refractivity contribution in [2.24, 2.45) is 0 Å². The predicted octanol–water partition coefficient (Wildman–Crippen LogP) is 6.12. The van der Waals surface area contributed by atoms with Crippen molar-refractivity contribution in [1.29, 1.82) is 5.26 Å². The average molecular weight is 482 g/mol. The number of nitrogens with one attached hydrogen (secondary N) is 1. The van der Waals surface area contributed by atoms with E-state index in [4.69, 9.17) is 27.9 Å². The number of aryl methyl sites for hydroxylation is 1. The molecule has 3 aromatic rings. The van der Waals surface area contributed by atoms with Crippen LogP contribution in [0.3, 0.4) is 0 Å². The van der Waals surface area contributed by atoms with Crippen molar-refractivity contribution in [1.82, 2.24) is 4.57 Å². The van der Waals surface area contributed by atoms with Gasteiger partial charge in [0.25, 0.3) is 5.91 Å². The predicted molar refractivity (Wildman–Crippen MR) is 130 cm³/mol. The van der Waals surface area contributed by atoms with Crippen LogP contribution >= 0.6 is 23.2 Å². The lowest BCUT2D eigenvalue weighted by Crippen LogP contribution is -2.13. The van der Waals surface area contributed by atoms with Crippen LogP contribution in [0.15, 0.2) is 54.1 Å². The van der Waals surface area contributed by atoms with Crippen molar-refractivity contribution in [3.8, 4) is 11.8 Å². The van der Waals surface area contributed by atoms with Gasteiger partial charge in [0.2, 0.25) is 0 Å². The van der Waals surface area contributed by atoms with Crippen LogP contribution in [-0.2, 0) is 9.53 Å². The van der Waals surface area contributed by atoms with Gasteiger partial charge in [0.1, 0.15) is 11.6 Å². The molecule has 2 aromatic carbocycles. The molecule has 0 bridgehead atoms. The number of rotatable bonds is 6. The SMILES string of the molecule is CCOC(=O)c1ccc(-n2c(C)cc(/C=C(/C#N)C(=O)Nc3ccc(Cl)cc3Cl)c2C)cc1. The van der Waals surface area contributed by atoms with Gasteiger partial charge in [-0.05, 0) is 80.9 Å². The molecule has 0 aliphatic carbocycles. The second kappa shape index (κ2) is 10.4. The lowest BCUT2D eigenvalue weighted by molar-refractivity contribution is -0.112. The van der Waals surface area contributed by atoms with Crippen LogP contribution < -0.4 is 5.32 Å². The maximum absolute atomic E-state index is 12.7. The van der Waals surface area contributed by atoms with E-state index in [0.717, 1.165) is 22.6 Å². The first-order valence-electron chi connectivity index (χ1n) is 10.1. The topological polar surface area (TPSA) is 84.1 Å². The third kappa shape index (κ3) is 5.46. The van der Waals surface area contributed by atoms with E-state index >= 15 is 0 Å². The molecular weight excluding hydrogens is 461 g/mol. The van der Waals surface area contributed by atoms with Gasteiger partial charge in [-0.3, -0.25) is 4.79 Å². The number of benzene rings is 2. The van der Waals surface area contributed by atoms with E-state index in [-0.39, 0.29) is 16.6 Å². The lowest BCUT2D eigenvalue weighted by Gasteiger charge is -2.11. The smallest absolute Gasteiger partial charge is 0.338 e. The number of ether oxygens (including phenoxy) is 1. The Bertz CT molecular complexity index is 1290. The Kier molecular flexibility index (Phi) is 7.59. The monoisotopic (exact) mass is 481 g/mol. The van der Waals surface area contributed by atoms with E-state index in [1.807, 2.05) is 42.7 Å². The first kappa shape index (κ1) is 24.1. The van der Waals surface area contributed by atoms with Crippen molar-refractivity contribution in [3.63, 3.8) is 0 Å². The van der Waals surface area contributed by atoms with E-state index in [2.05, 4.69) is 5.32 Å². The molecule has 0 aliphatic rings. The van der Waals surface area contributed by atoms with Crippen molar-refractivity contribution >= 4 is 46.8 Å². The molecule has 6 nitrogen and oxygen atoms in total. The number of carbonyl (C=O) groups excluding carboxylic acids is 2. The van der Waals surface area contributed by atoms with Gasteiger partial charge in [0.15, 0.2) is 0 Å². The van der Waals surface area contributed by atoms with Crippen molar-refractivity contribution < 1.29 is 14.3 Å². The Morgan fingerprint density at radius 2 is 1.82 bits per heavy atom. The molecule has 0 saturated heterocycles. The van der Waals surface area contributed by atoms with Crippen LogP contribution in [0.25, 0.3) is 11.8 Å². The summed E-state index contributed by atoms with van der Waals surface area (Å²) in [6.45, 7) is 5.88. The standard InChI is InChI=1S/C25H21Cl2N3O3/c1-4-33-25(32)17-5-8-21(9-6-17)30-15(2)11-18(16(30)3)12-19(14-28)24(31)29-23-10-7-20(26)13-22(23)27/h5-13H,4H2,1-3H3,(H,29,31)/b19-12-. The highest BCUT2D eigenvalue weighted by Gasteiger charge is 2.15. The number of aromatic nitrogens is 1. The van der Waals surface area contributed by atoms with Crippen molar-refractivity contribution in [2.45, 2.75) is 20.8 Å². The molecule has 3 rings (SSSR count). The highest BCUT2D eigenvalue weighted by Crippen LogP contribution is 2.27. The summed E-state index contributed by atoms with van der Waals surface area (Å²) in [5.41, 5.74) is 4.05. The number of esters is 1. The summed E-state index contributed by atoms with van der Waals surface area (Å²) in [7, 11) is 0. The van der Waals surface area contributed by atoms with Crippen molar-refractivity contribution in [3.05, 3.63) is 86.7 Å². The van der Waals surface area contributed by atoms with E-state index in [0.29, 0.717) is 22.9 Å². The molecule has 8 heteroatoms. The maximum Gasteiger partial charge on any atom is 0.338 e. The maximum atomic E-state index is 12.7. The Labute approximate surface area is 202 Å². The van der Waals surface area contributed by atoms with Crippen LogP contribution in [0.2, 0.25) is 10.0 Å². The third-order valence-corrected chi connectivity index (χ3v) is 5.50. The van der Waals surface area contributed by atoms with E-state index in [9.17, 15) is 14.9 Å². The minimum Gasteiger partial charge on any atom is -0.462 e. The molecular formula is C25H21Cl2N3O3. The summed E-state index contributed by atoms with van der Waals surface area (Å²) >= 11 is 12.0. The Morgan fingerprint density at radius 1 is 1.12 bits per heavy atom. The molecule has 0 spiro atoms. The summed E-state index contributed by atoms with van der Waals surface area (Å²) in [4.78, 5) is 24.6. The zero-order valence-electron chi connectivity index (χ0n) is 18.3. The Morgan fingerprint density at radius 3 is 2.42 bits per heavy atom. The number of nitriles is 1. The second-order valence-electron chi connectivity index (χ2n) is 7.18. The Hall–Kier alpha value is -3.53. The molecule has 1 aromatic heterocycles. The molecule has 0 unspecified atom stereocenters. The van der Waals surface area contributed by atoms with Crippen molar-refractivity contribution in [2.75, 3.05) is 11.9 Å².